The fourth-order valence-corrected chi connectivity index (χ4v) is 2.79. The first-order valence-electron chi connectivity index (χ1n) is 6.72. The van der Waals surface area contributed by atoms with Gasteiger partial charge in [0.15, 0.2) is 0 Å². The van der Waals surface area contributed by atoms with Crippen LogP contribution in [0, 0.1) is 6.92 Å². The SMILES string of the molecule is Cc1c(N)cccc1CN(C)C1CCCCC1. The molecule has 94 valence electrons. The van der Waals surface area contributed by atoms with Crippen LogP contribution in [-0.2, 0) is 6.54 Å². The van der Waals surface area contributed by atoms with Crippen molar-refractivity contribution < 1.29 is 0 Å². The molecule has 0 saturated heterocycles. The number of nitrogens with zero attached hydrogens (tertiary/aromatic N) is 1. The van der Waals surface area contributed by atoms with Crippen LogP contribution in [0.15, 0.2) is 18.2 Å². The second kappa shape index (κ2) is 5.54. The van der Waals surface area contributed by atoms with Crippen molar-refractivity contribution in [1.29, 1.82) is 0 Å². The van der Waals surface area contributed by atoms with Gasteiger partial charge in [0, 0.05) is 18.3 Å². The van der Waals surface area contributed by atoms with Crippen LogP contribution in [0.25, 0.3) is 0 Å². The molecule has 2 rings (SSSR count). The average molecular weight is 232 g/mol. The predicted octanol–water partition coefficient (Wildman–Crippen LogP) is 3.34. The Morgan fingerprint density at radius 2 is 1.94 bits per heavy atom. The number of hydrogen-bond acceptors (Lipinski definition) is 2. The molecule has 2 heteroatoms. The molecule has 0 radical (unpaired) electrons. The van der Waals surface area contributed by atoms with Gasteiger partial charge in [-0.1, -0.05) is 31.4 Å². The molecule has 1 aliphatic rings. The van der Waals surface area contributed by atoms with Crippen LogP contribution < -0.4 is 5.73 Å². The molecule has 1 fully saturated rings. The smallest absolute Gasteiger partial charge is 0.0346 e. The summed E-state index contributed by atoms with van der Waals surface area (Å²) >= 11 is 0. The Morgan fingerprint density at radius 3 is 2.65 bits per heavy atom. The van der Waals surface area contributed by atoms with E-state index < -0.39 is 0 Å². The van der Waals surface area contributed by atoms with E-state index in [1.165, 1.54) is 43.2 Å². The molecule has 0 heterocycles. The highest BCUT2D eigenvalue weighted by molar-refractivity contribution is 5.49. The molecule has 17 heavy (non-hydrogen) atoms. The summed E-state index contributed by atoms with van der Waals surface area (Å²) in [4.78, 5) is 2.50. The monoisotopic (exact) mass is 232 g/mol. The quantitative estimate of drug-likeness (QED) is 0.810. The zero-order valence-corrected chi connectivity index (χ0v) is 11.1. The fourth-order valence-electron chi connectivity index (χ4n) is 2.79. The van der Waals surface area contributed by atoms with E-state index in [0.29, 0.717) is 0 Å². The average Bonchev–Trinajstić information content (AvgIpc) is 2.36. The first-order chi connectivity index (χ1) is 8.18. The molecular weight excluding hydrogens is 208 g/mol. The summed E-state index contributed by atoms with van der Waals surface area (Å²) in [7, 11) is 2.25. The van der Waals surface area contributed by atoms with Crippen LogP contribution in [0.5, 0.6) is 0 Å². The molecule has 1 aromatic carbocycles. The lowest BCUT2D eigenvalue weighted by Crippen LogP contribution is -2.33. The molecule has 0 spiro atoms. The summed E-state index contributed by atoms with van der Waals surface area (Å²) in [6.45, 7) is 3.15. The number of rotatable bonds is 3. The van der Waals surface area contributed by atoms with Gasteiger partial charge in [0.1, 0.15) is 0 Å². The minimum Gasteiger partial charge on any atom is -0.399 e. The Balaban J connectivity index is 2.01. The highest BCUT2D eigenvalue weighted by Crippen LogP contribution is 2.24. The van der Waals surface area contributed by atoms with Crippen LogP contribution in [0.2, 0.25) is 0 Å². The third-order valence-electron chi connectivity index (χ3n) is 4.11. The summed E-state index contributed by atoms with van der Waals surface area (Å²) in [5.74, 6) is 0. The van der Waals surface area contributed by atoms with Gasteiger partial charge in [-0.15, -0.1) is 0 Å². The second-order valence-corrected chi connectivity index (χ2v) is 5.34. The van der Waals surface area contributed by atoms with E-state index in [2.05, 4.69) is 31.0 Å². The summed E-state index contributed by atoms with van der Waals surface area (Å²) < 4.78 is 0. The molecule has 0 atom stereocenters. The van der Waals surface area contributed by atoms with Crippen LogP contribution in [0.1, 0.15) is 43.2 Å². The van der Waals surface area contributed by atoms with Crippen LogP contribution >= 0.6 is 0 Å². The van der Waals surface area contributed by atoms with Crippen molar-refractivity contribution in [3.05, 3.63) is 29.3 Å². The number of anilines is 1. The zero-order valence-electron chi connectivity index (χ0n) is 11.1. The number of nitrogens with two attached hydrogens (primary N) is 1. The molecule has 0 aromatic heterocycles. The molecule has 0 aliphatic heterocycles. The Bertz CT molecular complexity index is 367. The van der Waals surface area contributed by atoms with Crippen molar-refractivity contribution in [1.82, 2.24) is 4.90 Å². The van der Waals surface area contributed by atoms with Gasteiger partial charge in [-0.05, 0) is 44.0 Å². The standard InChI is InChI=1S/C15H24N2/c1-12-13(7-6-10-15(12)16)11-17(2)14-8-4-3-5-9-14/h6-7,10,14H,3-5,8-9,11,16H2,1-2H3. The largest absolute Gasteiger partial charge is 0.399 e. The van der Waals surface area contributed by atoms with Gasteiger partial charge in [0.2, 0.25) is 0 Å². The third kappa shape index (κ3) is 3.01. The maximum atomic E-state index is 5.96. The van der Waals surface area contributed by atoms with E-state index in [1.807, 2.05) is 6.07 Å². The van der Waals surface area contributed by atoms with Gasteiger partial charge in [0.05, 0.1) is 0 Å². The molecule has 0 bridgehead atoms. The third-order valence-corrected chi connectivity index (χ3v) is 4.11. The van der Waals surface area contributed by atoms with E-state index in [4.69, 9.17) is 5.73 Å². The molecular formula is C15H24N2. The Hall–Kier alpha value is -1.02. The summed E-state index contributed by atoms with van der Waals surface area (Å²) in [6.07, 6.45) is 6.92. The molecule has 0 unspecified atom stereocenters. The Morgan fingerprint density at radius 1 is 1.24 bits per heavy atom. The fraction of sp³-hybridized carbons (Fsp3) is 0.600. The van der Waals surface area contributed by atoms with Crippen LogP contribution in [0.4, 0.5) is 5.69 Å². The molecule has 1 saturated carbocycles. The summed E-state index contributed by atoms with van der Waals surface area (Å²) in [5, 5.41) is 0. The molecule has 1 aromatic rings. The number of nitrogen functional groups attached to an aromatic ring is 1. The predicted molar refractivity (Wildman–Crippen MR) is 73.9 cm³/mol. The Kier molecular flexibility index (Phi) is 4.06. The molecule has 1 aliphatic carbocycles. The summed E-state index contributed by atoms with van der Waals surface area (Å²) in [5.41, 5.74) is 9.49. The first-order valence-corrected chi connectivity index (χ1v) is 6.72. The lowest BCUT2D eigenvalue weighted by atomic mass is 9.94. The highest BCUT2D eigenvalue weighted by Gasteiger charge is 2.18. The van der Waals surface area contributed by atoms with Gasteiger partial charge in [-0.25, -0.2) is 0 Å². The number of benzene rings is 1. The van der Waals surface area contributed by atoms with E-state index >= 15 is 0 Å². The van der Waals surface area contributed by atoms with Crippen molar-refractivity contribution in [2.75, 3.05) is 12.8 Å². The lowest BCUT2D eigenvalue weighted by molar-refractivity contribution is 0.184. The summed E-state index contributed by atoms with van der Waals surface area (Å²) in [6, 6.07) is 7.01. The van der Waals surface area contributed by atoms with Crippen LogP contribution in [-0.4, -0.2) is 18.0 Å². The minimum absolute atomic E-state index is 0.768. The van der Waals surface area contributed by atoms with Crippen molar-refractivity contribution in [2.45, 2.75) is 51.6 Å². The van der Waals surface area contributed by atoms with Crippen LogP contribution in [0.3, 0.4) is 0 Å². The molecule has 0 amide bonds. The first kappa shape index (κ1) is 12.4. The van der Waals surface area contributed by atoms with Gasteiger partial charge >= 0.3 is 0 Å². The molecule has 2 nitrogen and oxygen atoms in total. The minimum atomic E-state index is 0.768. The zero-order chi connectivity index (χ0) is 12.3. The van der Waals surface area contributed by atoms with Crippen molar-refractivity contribution >= 4 is 5.69 Å². The number of hydrogen-bond donors (Lipinski definition) is 1. The van der Waals surface area contributed by atoms with E-state index in [1.54, 1.807) is 0 Å². The normalized spacial score (nSPS) is 17.6. The highest BCUT2D eigenvalue weighted by atomic mass is 15.1. The van der Waals surface area contributed by atoms with E-state index in [-0.39, 0.29) is 0 Å². The van der Waals surface area contributed by atoms with E-state index in [9.17, 15) is 0 Å². The van der Waals surface area contributed by atoms with Gasteiger partial charge in [-0.2, -0.15) is 0 Å². The second-order valence-electron chi connectivity index (χ2n) is 5.34. The molecule has 2 N–H and O–H groups in total. The van der Waals surface area contributed by atoms with Crippen molar-refractivity contribution in [3.63, 3.8) is 0 Å². The lowest BCUT2D eigenvalue weighted by Gasteiger charge is -2.31. The Labute approximate surface area is 105 Å². The maximum absolute atomic E-state index is 5.96. The van der Waals surface area contributed by atoms with Crippen molar-refractivity contribution in [2.24, 2.45) is 0 Å². The van der Waals surface area contributed by atoms with Crippen molar-refractivity contribution in [3.8, 4) is 0 Å². The van der Waals surface area contributed by atoms with Gasteiger partial charge < -0.3 is 5.73 Å². The van der Waals surface area contributed by atoms with Gasteiger partial charge in [0.25, 0.3) is 0 Å². The van der Waals surface area contributed by atoms with E-state index in [0.717, 1.165) is 18.3 Å². The van der Waals surface area contributed by atoms with Gasteiger partial charge in [-0.3, -0.25) is 4.90 Å². The topological polar surface area (TPSA) is 29.3 Å². The maximum Gasteiger partial charge on any atom is 0.0346 e.